The molecule has 0 unspecified atom stereocenters. The fourth-order valence-electron chi connectivity index (χ4n) is 2.20. The molecule has 0 aliphatic heterocycles. The molecule has 0 spiro atoms. The van der Waals surface area contributed by atoms with Crippen LogP contribution in [0.1, 0.15) is 25.0 Å². The molecule has 0 saturated heterocycles. The zero-order valence-corrected chi connectivity index (χ0v) is 17.7. The van der Waals surface area contributed by atoms with Crippen molar-refractivity contribution in [2.75, 3.05) is 13.1 Å². The lowest BCUT2D eigenvalue weighted by atomic mass is 9.94. The van der Waals surface area contributed by atoms with Gasteiger partial charge in [0, 0.05) is 52.1 Å². The summed E-state index contributed by atoms with van der Waals surface area (Å²) < 4.78 is 0. The molecule has 4 nitrogen and oxygen atoms in total. The van der Waals surface area contributed by atoms with E-state index in [-0.39, 0.29) is 27.0 Å². The van der Waals surface area contributed by atoms with Crippen molar-refractivity contribution in [2.24, 2.45) is 15.4 Å². The Hall–Kier alpha value is -1.46. The van der Waals surface area contributed by atoms with Crippen LogP contribution in [0.4, 0.5) is 0 Å². The summed E-state index contributed by atoms with van der Waals surface area (Å²) in [6, 6.07) is 6.10. The molecule has 2 aromatic carbocycles. The third kappa shape index (κ3) is 6.28. The number of phenols is 2. The second-order valence-electron chi connectivity index (χ2n) is 6.75. The van der Waals surface area contributed by atoms with Crippen molar-refractivity contribution in [3.8, 4) is 11.5 Å². The zero-order chi connectivity index (χ0) is 20.2. The molecule has 0 aliphatic carbocycles. The first-order chi connectivity index (χ1) is 12.6. The van der Waals surface area contributed by atoms with Gasteiger partial charge in [0.05, 0.1) is 10.0 Å². The number of benzene rings is 2. The van der Waals surface area contributed by atoms with Crippen LogP contribution in [0.2, 0.25) is 20.1 Å². The highest BCUT2D eigenvalue weighted by molar-refractivity contribution is 6.36. The molecule has 0 fully saturated rings. The summed E-state index contributed by atoms with van der Waals surface area (Å²) in [6.07, 6.45) is 3.06. The molecule has 0 bridgehead atoms. The predicted molar refractivity (Wildman–Crippen MR) is 115 cm³/mol. The van der Waals surface area contributed by atoms with Gasteiger partial charge in [0.2, 0.25) is 0 Å². The summed E-state index contributed by atoms with van der Waals surface area (Å²) in [6.45, 7) is 4.90. The maximum Gasteiger partial charge on any atom is 0.143 e. The molecule has 2 rings (SSSR count). The van der Waals surface area contributed by atoms with E-state index in [1.165, 1.54) is 24.6 Å². The topological polar surface area (TPSA) is 65.2 Å². The molecule has 27 heavy (non-hydrogen) atoms. The van der Waals surface area contributed by atoms with Crippen LogP contribution in [-0.4, -0.2) is 35.7 Å². The normalized spacial score (nSPS) is 12.4. The molecule has 0 saturated carbocycles. The number of hydrogen-bond acceptors (Lipinski definition) is 4. The van der Waals surface area contributed by atoms with Crippen molar-refractivity contribution in [3.05, 3.63) is 55.5 Å². The maximum absolute atomic E-state index is 9.94. The molecule has 0 atom stereocenters. The number of aliphatic imine (C=N–C) groups is 2. The third-order valence-corrected chi connectivity index (χ3v) is 4.63. The van der Waals surface area contributed by atoms with Gasteiger partial charge in [-0.2, -0.15) is 0 Å². The Labute approximate surface area is 178 Å². The Balaban J connectivity index is 2.03. The summed E-state index contributed by atoms with van der Waals surface area (Å²) in [4.78, 5) is 8.72. The SMILES string of the molecule is CC(C)(CN=Cc1cc(Cl)cc(Cl)c1O)CN=Cc1cc(Cl)cc(Cl)c1O. The van der Waals surface area contributed by atoms with E-state index in [1.807, 2.05) is 13.8 Å². The predicted octanol–water partition coefficient (Wildman–Crippen LogP) is 6.28. The van der Waals surface area contributed by atoms with E-state index >= 15 is 0 Å². The second-order valence-corrected chi connectivity index (χ2v) is 8.44. The first kappa shape index (κ1) is 21.8. The van der Waals surface area contributed by atoms with Gasteiger partial charge >= 0.3 is 0 Å². The average Bonchev–Trinajstić information content (AvgIpc) is 2.56. The molecule has 0 radical (unpaired) electrons. The van der Waals surface area contributed by atoms with Gasteiger partial charge in [-0.15, -0.1) is 0 Å². The van der Waals surface area contributed by atoms with Crippen LogP contribution in [0, 0.1) is 5.41 Å². The minimum atomic E-state index is -0.261. The summed E-state index contributed by atoms with van der Waals surface area (Å²) in [5.41, 5.74) is 0.638. The average molecular weight is 448 g/mol. The molecule has 0 heterocycles. The summed E-state index contributed by atoms with van der Waals surface area (Å²) in [7, 11) is 0. The quantitative estimate of drug-likeness (QED) is 0.512. The van der Waals surface area contributed by atoms with Crippen LogP contribution in [0.25, 0.3) is 0 Å². The Kier molecular flexibility index (Phi) is 7.40. The number of phenolic OH excluding ortho intramolecular Hbond substituents is 2. The van der Waals surface area contributed by atoms with Crippen molar-refractivity contribution in [3.63, 3.8) is 0 Å². The zero-order valence-electron chi connectivity index (χ0n) is 14.7. The van der Waals surface area contributed by atoms with Crippen LogP contribution in [-0.2, 0) is 0 Å². The highest BCUT2D eigenvalue weighted by Gasteiger charge is 2.16. The van der Waals surface area contributed by atoms with Crippen molar-refractivity contribution in [1.29, 1.82) is 0 Å². The summed E-state index contributed by atoms with van der Waals surface area (Å²) >= 11 is 23.7. The van der Waals surface area contributed by atoms with E-state index < -0.39 is 0 Å². The van der Waals surface area contributed by atoms with Crippen LogP contribution in [0.5, 0.6) is 11.5 Å². The lowest BCUT2D eigenvalue weighted by molar-refractivity contribution is 0.396. The van der Waals surface area contributed by atoms with E-state index in [0.29, 0.717) is 34.3 Å². The second kappa shape index (κ2) is 9.16. The molecule has 2 aromatic rings. The first-order valence-electron chi connectivity index (χ1n) is 7.95. The smallest absolute Gasteiger partial charge is 0.143 e. The molecule has 8 heteroatoms. The molecule has 0 aliphatic rings. The fraction of sp³-hybridized carbons (Fsp3) is 0.263. The largest absolute Gasteiger partial charge is 0.506 e. The molecule has 0 amide bonds. The third-order valence-electron chi connectivity index (χ3n) is 3.61. The van der Waals surface area contributed by atoms with Gasteiger partial charge in [0.1, 0.15) is 11.5 Å². The highest BCUT2D eigenvalue weighted by atomic mass is 35.5. The molecule has 144 valence electrons. The van der Waals surface area contributed by atoms with E-state index in [9.17, 15) is 10.2 Å². The number of aromatic hydroxyl groups is 2. The Morgan fingerprint density at radius 3 is 1.52 bits per heavy atom. The molecular formula is C19H18Cl4N2O2. The molecular weight excluding hydrogens is 430 g/mol. The van der Waals surface area contributed by atoms with Crippen molar-refractivity contribution in [1.82, 2.24) is 0 Å². The van der Waals surface area contributed by atoms with Gasteiger partial charge in [-0.3, -0.25) is 9.98 Å². The number of halogens is 4. The van der Waals surface area contributed by atoms with E-state index in [2.05, 4.69) is 9.98 Å². The lowest BCUT2D eigenvalue weighted by Crippen LogP contribution is -2.19. The van der Waals surface area contributed by atoms with Gasteiger partial charge in [-0.1, -0.05) is 60.3 Å². The van der Waals surface area contributed by atoms with Gasteiger partial charge in [0.15, 0.2) is 0 Å². The van der Waals surface area contributed by atoms with Crippen LogP contribution >= 0.6 is 46.4 Å². The Morgan fingerprint density at radius 1 is 0.778 bits per heavy atom. The van der Waals surface area contributed by atoms with Gasteiger partial charge in [-0.05, 0) is 24.3 Å². The first-order valence-corrected chi connectivity index (χ1v) is 9.46. The summed E-state index contributed by atoms with van der Waals surface area (Å²) in [5, 5.41) is 21.1. The van der Waals surface area contributed by atoms with Gasteiger partial charge in [-0.25, -0.2) is 0 Å². The van der Waals surface area contributed by atoms with Crippen molar-refractivity contribution in [2.45, 2.75) is 13.8 Å². The number of rotatable bonds is 6. The Bertz CT molecular complexity index is 824. The highest BCUT2D eigenvalue weighted by Crippen LogP contribution is 2.31. The minimum Gasteiger partial charge on any atom is -0.506 e. The fourth-order valence-corrected chi connectivity index (χ4v) is 3.22. The lowest BCUT2D eigenvalue weighted by Gasteiger charge is -2.19. The van der Waals surface area contributed by atoms with Crippen LogP contribution in [0.3, 0.4) is 0 Å². The number of hydrogen-bond donors (Lipinski definition) is 2. The monoisotopic (exact) mass is 446 g/mol. The molecule has 0 aromatic heterocycles. The van der Waals surface area contributed by atoms with Crippen LogP contribution in [0.15, 0.2) is 34.3 Å². The van der Waals surface area contributed by atoms with Gasteiger partial charge < -0.3 is 10.2 Å². The van der Waals surface area contributed by atoms with E-state index in [1.54, 1.807) is 12.1 Å². The summed E-state index contributed by atoms with van der Waals surface area (Å²) in [5.74, 6) is -0.122. The van der Waals surface area contributed by atoms with Crippen LogP contribution < -0.4 is 0 Å². The minimum absolute atomic E-state index is 0.0612. The van der Waals surface area contributed by atoms with Crippen molar-refractivity contribution < 1.29 is 10.2 Å². The maximum atomic E-state index is 9.94. The Morgan fingerprint density at radius 2 is 1.15 bits per heavy atom. The number of nitrogens with zero attached hydrogens (tertiary/aromatic N) is 2. The van der Waals surface area contributed by atoms with E-state index in [4.69, 9.17) is 46.4 Å². The van der Waals surface area contributed by atoms with Gasteiger partial charge in [0.25, 0.3) is 0 Å². The van der Waals surface area contributed by atoms with Crippen molar-refractivity contribution >= 4 is 58.8 Å². The standard InChI is InChI=1S/C19H18Cl4N2O2/c1-19(2,9-24-7-11-3-13(20)5-15(22)17(11)26)10-25-8-12-4-14(21)6-16(23)18(12)27/h3-8,26-27H,9-10H2,1-2H3. The van der Waals surface area contributed by atoms with E-state index in [0.717, 1.165) is 0 Å². The molecule has 2 N–H and O–H groups in total.